The Balaban J connectivity index is 1.92. The second-order valence-corrected chi connectivity index (χ2v) is 3.86. The fourth-order valence-electron chi connectivity index (χ4n) is 1.57. The van der Waals surface area contributed by atoms with Crippen molar-refractivity contribution in [2.24, 2.45) is 0 Å². The zero-order valence-corrected chi connectivity index (χ0v) is 10.2. The van der Waals surface area contributed by atoms with Gasteiger partial charge >= 0.3 is 0 Å². The zero-order valence-electron chi connectivity index (χ0n) is 10.2. The van der Waals surface area contributed by atoms with E-state index in [2.05, 4.69) is 5.32 Å². The molecule has 0 bridgehead atoms. The van der Waals surface area contributed by atoms with E-state index < -0.39 is 0 Å². The summed E-state index contributed by atoms with van der Waals surface area (Å²) in [5.74, 6) is 0.132. The Labute approximate surface area is 111 Å². The summed E-state index contributed by atoms with van der Waals surface area (Å²) in [6, 6.07) is 15.9. The van der Waals surface area contributed by atoms with Gasteiger partial charge in [-0.15, -0.1) is 0 Å². The maximum absolute atomic E-state index is 11.7. The topological polar surface area (TPSA) is 55.4 Å². The maximum atomic E-state index is 11.7. The molecule has 2 aromatic carbocycles. The van der Waals surface area contributed by atoms with Crippen LogP contribution >= 0.6 is 0 Å². The van der Waals surface area contributed by atoms with Crippen LogP contribution < -0.4 is 10.1 Å². The number of rotatable bonds is 5. The van der Waals surface area contributed by atoms with Crippen molar-refractivity contribution in [1.29, 1.82) is 0 Å². The van der Waals surface area contributed by atoms with Gasteiger partial charge in [0.25, 0.3) is 5.91 Å². The van der Waals surface area contributed by atoms with E-state index >= 15 is 0 Å². The van der Waals surface area contributed by atoms with Crippen molar-refractivity contribution in [2.45, 2.75) is 0 Å². The number of amides is 1. The summed E-state index contributed by atoms with van der Waals surface area (Å²) in [7, 11) is 0. The summed E-state index contributed by atoms with van der Waals surface area (Å²) in [5, 5.41) is 2.70. The molecule has 0 saturated carbocycles. The van der Waals surface area contributed by atoms with E-state index in [0.29, 0.717) is 23.3 Å². The van der Waals surface area contributed by atoms with Gasteiger partial charge in [-0.1, -0.05) is 30.3 Å². The third kappa shape index (κ3) is 3.67. The summed E-state index contributed by atoms with van der Waals surface area (Å²) < 4.78 is 5.32. The Hall–Kier alpha value is -2.62. The first kappa shape index (κ1) is 12.8. The minimum atomic E-state index is -0.271. The summed E-state index contributed by atoms with van der Waals surface area (Å²) in [6.07, 6.45) is 0.699. The molecule has 4 nitrogen and oxygen atoms in total. The molecular weight excluding hydrogens is 242 g/mol. The highest BCUT2D eigenvalue weighted by molar-refractivity contribution is 5.92. The third-order valence-corrected chi connectivity index (χ3v) is 2.46. The van der Waals surface area contributed by atoms with Crippen molar-refractivity contribution in [2.75, 3.05) is 11.9 Å². The number of anilines is 1. The third-order valence-electron chi connectivity index (χ3n) is 2.46. The quantitative estimate of drug-likeness (QED) is 0.835. The van der Waals surface area contributed by atoms with Gasteiger partial charge in [0, 0.05) is 5.69 Å². The highest BCUT2D eigenvalue weighted by Crippen LogP contribution is 2.15. The Bertz CT molecular complexity index is 567. The molecule has 0 spiro atoms. The van der Waals surface area contributed by atoms with E-state index in [1.165, 1.54) is 0 Å². The largest absolute Gasteiger partial charge is 0.483 e. The number of hydrogen-bond donors (Lipinski definition) is 1. The molecule has 0 heterocycles. The number of benzene rings is 2. The van der Waals surface area contributed by atoms with Crippen LogP contribution in [0.1, 0.15) is 10.4 Å². The molecule has 96 valence electrons. The molecule has 0 unspecified atom stereocenters. The monoisotopic (exact) mass is 255 g/mol. The molecule has 0 aromatic heterocycles. The Morgan fingerprint density at radius 3 is 2.47 bits per heavy atom. The average Bonchev–Trinajstić information content (AvgIpc) is 2.46. The first-order chi connectivity index (χ1) is 9.29. The van der Waals surface area contributed by atoms with Crippen molar-refractivity contribution in [3.63, 3.8) is 0 Å². The molecule has 0 fully saturated rings. The molecule has 2 aromatic rings. The standard InChI is InChI=1S/C15H13NO3/c17-10-12-6-4-5-9-14(12)19-11-15(18)16-13-7-2-1-3-8-13/h1-10H,11H2,(H,16,18). The first-order valence-electron chi connectivity index (χ1n) is 5.81. The van der Waals surface area contributed by atoms with Gasteiger partial charge < -0.3 is 10.1 Å². The van der Waals surface area contributed by atoms with Gasteiger partial charge in [0.15, 0.2) is 12.9 Å². The molecule has 2 rings (SSSR count). The predicted octanol–water partition coefficient (Wildman–Crippen LogP) is 2.52. The first-order valence-corrected chi connectivity index (χ1v) is 5.81. The molecule has 0 saturated heterocycles. The van der Waals surface area contributed by atoms with Crippen LogP contribution in [0.5, 0.6) is 5.75 Å². The molecule has 19 heavy (non-hydrogen) atoms. The zero-order chi connectivity index (χ0) is 13.5. The minimum absolute atomic E-state index is 0.139. The van der Waals surface area contributed by atoms with Crippen molar-refractivity contribution in [3.05, 3.63) is 60.2 Å². The molecule has 0 atom stereocenters. The van der Waals surface area contributed by atoms with E-state index in [1.807, 2.05) is 18.2 Å². The van der Waals surface area contributed by atoms with Gasteiger partial charge in [0.05, 0.1) is 5.56 Å². The van der Waals surface area contributed by atoms with Crippen molar-refractivity contribution < 1.29 is 14.3 Å². The van der Waals surface area contributed by atoms with Crippen molar-refractivity contribution in [1.82, 2.24) is 0 Å². The van der Waals surface area contributed by atoms with Crippen LogP contribution in [-0.4, -0.2) is 18.8 Å². The van der Waals surface area contributed by atoms with Crippen LogP contribution in [0.25, 0.3) is 0 Å². The molecule has 1 amide bonds. The lowest BCUT2D eigenvalue weighted by Crippen LogP contribution is -2.20. The Kier molecular flexibility index (Phi) is 4.29. The van der Waals surface area contributed by atoms with Gasteiger partial charge in [-0.25, -0.2) is 0 Å². The Morgan fingerprint density at radius 1 is 1.05 bits per heavy atom. The number of carbonyl (C=O) groups excluding carboxylic acids is 2. The predicted molar refractivity (Wildman–Crippen MR) is 72.4 cm³/mol. The van der Waals surface area contributed by atoms with Gasteiger partial charge in [-0.3, -0.25) is 9.59 Å². The van der Waals surface area contributed by atoms with Gasteiger partial charge in [0.2, 0.25) is 0 Å². The van der Waals surface area contributed by atoms with E-state index in [0.717, 1.165) is 0 Å². The molecular formula is C15H13NO3. The second-order valence-electron chi connectivity index (χ2n) is 3.86. The van der Waals surface area contributed by atoms with Gasteiger partial charge in [-0.05, 0) is 24.3 Å². The fraction of sp³-hybridized carbons (Fsp3) is 0.0667. The van der Waals surface area contributed by atoms with E-state index in [-0.39, 0.29) is 12.5 Å². The maximum Gasteiger partial charge on any atom is 0.262 e. The molecule has 0 aliphatic carbocycles. The number of carbonyl (C=O) groups is 2. The summed E-state index contributed by atoms with van der Waals surface area (Å²) >= 11 is 0. The fourth-order valence-corrected chi connectivity index (χ4v) is 1.57. The second kappa shape index (κ2) is 6.35. The molecule has 0 aliphatic heterocycles. The number of aldehydes is 1. The lowest BCUT2D eigenvalue weighted by molar-refractivity contribution is -0.118. The summed E-state index contributed by atoms with van der Waals surface area (Å²) in [6.45, 7) is -0.139. The average molecular weight is 255 g/mol. The van der Waals surface area contributed by atoms with Crippen LogP contribution in [0.2, 0.25) is 0 Å². The lowest BCUT2D eigenvalue weighted by atomic mass is 10.2. The van der Waals surface area contributed by atoms with Crippen LogP contribution in [0.3, 0.4) is 0 Å². The number of ether oxygens (including phenoxy) is 1. The summed E-state index contributed by atoms with van der Waals surface area (Å²) in [5.41, 5.74) is 1.13. The Morgan fingerprint density at radius 2 is 1.74 bits per heavy atom. The van der Waals surface area contributed by atoms with E-state index in [9.17, 15) is 9.59 Å². The van der Waals surface area contributed by atoms with Crippen LogP contribution in [0.15, 0.2) is 54.6 Å². The van der Waals surface area contributed by atoms with E-state index in [4.69, 9.17) is 4.74 Å². The SMILES string of the molecule is O=Cc1ccccc1OCC(=O)Nc1ccccc1. The highest BCUT2D eigenvalue weighted by Gasteiger charge is 2.06. The van der Waals surface area contributed by atoms with Gasteiger partial charge in [0.1, 0.15) is 5.75 Å². The molecule has 0 aliphatic rings. The normalized spacial score (nSPS) is 9.68. The smallest absolute Gasteiger partial charge is 0.262 e. The minimum Gasteiger partial charge on any atom is -0.483 e. The molecule has 1 N–H and O–H groups in total. The number of hydrogen-bond acceptors (Lipinski definition) is 3. The summed E-state index contributed by atoms with van der Waals surface area (Å²) in [4.78, 5) is 22.4. The molecule has 0 radical (unpaired) electrons. The number of nitrogens with one attached hydrogen (secondary N) is 1. The van der Waals surface area contributed by atoms with Crippen LogP contribution in [0.4, 0.5) is 5.69 Å². The van der Waals surface area contributed by atoms with Crippen LogP contribution in [-0.2, 0) is 4.79 Å². The lowest BCUT2D eigenvalue weighted by Gasteiger charge is -2.08. The molecule has 4 heteroatoms. The van der Waals surface area contributed by atoms with Crippen molar-refractivity contribution in [3.8, 4) is 5.75 Å². The van der Waals surface area contributed by atoms with Gasteiger partial charge in [-0.2, -0.15) is 0 Å². The highest BCUT2D eigenvalue weighted by atomic mass is 16.5. The van der Waals surface area contributed by atoms with Crippen LogP contribution in [0, 0.1) is 0 Å². The van der Waals surface area contributed by atoms with E-state index in [1.54, 1.807) is 36.4 Å². The van der Waals surface area contributed by atoms with Crippen molar-refractivity contribution >= 4 is 17.9 Å². The number of para-hydroxylation sites is 2.